The Morgan fingerprint density at radius 2 is 0.879 bits per heavy atom. The summed E-state index contributed by atoms with van der Waals surface area (Å²) in [5.74, 6) is 0. The Morgan fingerprint density at radius 3 is 1.27 bits per heavy atom. The van der Waals surface area contributed by atoms with Crippen molar-refractivity contribution in [3.63, 3.8) is 0 Å². The van der Waals surface area contributed by atoms with Gasteiger partial charge in [-0.1, -0.05) is 30.3 Å². The van der Waals surface area contributed by atoms with Crippen LogP contribution in [0.2, 0.25) is 0 Å². The first kappa shape index (κ1) is 25.4. The van der Waals surface area contributed by atoms with Crippen LogP contribution < -0.4 is 0 Å². The van der Waals surface area contributed by atoms with Gasteiger partial charge in [-0.05, 0) is 22.9 Å². The number of hydrogen-bond acceptors (Lipinski definition) is 7. The molecule has 6 N–H and O–H groups in total. The van der Waals surface area contributed by atoms with Crippen molar-refractivity contribution in [3.8, 4) is 0 Å². The Morgan fingerprint density at radius 1 is 0.545 bits per heavy atom. The highest BCUT2D eigenvalue weighted by Gasteiger charge is 2.26. The van der Waals surface area contributed by atoms with Crippen LogP contribution in [0.3, 0.4) is 0 Å². The molecule has 4 aromatic carbocycles. The summed E-state index contributed by atoms with van der Waals surface area (Å²) in [7, 11) is -19.1. The van der Waals surface area contributed by atoms with Gasteiger partial charge in [0, 0.05) is 21.5 Å². The molecular weight excluding hydrogens is 527 g/mol. The lowest BCUT2D eigenvalue weighted by molar-refractivity contribution is 0.275. The quantitative estimate of drug-likeness (QED) is 0.122. The van der Waals surface area contributed by atoms with Crippen molar-refractivity contribution in [2.45, 2.75) is 14.7 Å². The molecule has 4 aromatic rings. The highest BCUT2D eigenvalue weighted by Crippen LogP contribution is 2.42. The van der Waals surface area contributed by atoms with Gasteiger partial charge in [-0.15, -0.1) is 0 Å². The lowest BCUT2D eigenvalue weighted by Crippen LogP contribution is -2.06. The van der Waals surface area contributed by atoms with Gasteiger partial charge in [-0.3, -0.25) is 13.7 Å². The van der Waals surface area contributed by atoms with E-state index >= 15 is 0 Å². The fraction of sp³-hybridized carbons (Fsp3) is 0. The number of benzene rings is 4. The van der Waals surface area contributed by atoms with E-state index in [9.17, 15) is 38.9 Å². The summed E-state index contributed by atoms with van der Waals surface area (Å²) in [5.41, 5.74) is 0. The van der Waals surface area contributed by atoms with E-state index in [0.717, 1.165) is 6.07 Å². The molecule has 13 nitrogen and oxygen atoms in total. The molecule has 0 heterocycles. The summed E-state index contributed by atoms with van der Waals surface area (Å²) in [6.45, 7) is 0. The fourth-order valence-corrected chi connectivity index (χ4v) is 5.65. The second-order valence-corrected chi connectivity index (χ2v) is 11.8. The summed E-state index contributed by atoms with van der Waals surface area (Å²) in [4.78, 5) is 19.6. The summed E-state index contributed by atoms with van der Waals surface area (Å²) in [6.07, 6.45) is 0. The monoisotopic (exact) mass is 540 g/mol. The molecule has 17 heteroatoms. The van der Waals surface area contributed by atoms with Crippen LogP contribution in [0.25, 0.3) is 32.3 Å². The molecule has 0 unspecified atom stereocenters. The molecule has 0 aliphatic rings. The molecule has 0 saturated heterocycles. The van der Waals surface area contributed by atoms with Gasteiger partial charge in [0.1, 0.15) is 14.7 Å². The van der Waals surface area contributed by atoms with E-state index < -0.39 is 52.9 Å². The molecule has 33 heavy (non-hydrogen) atoms. The van der Waals surface area contributed by atoms with Gasteiger partial charge >= 0.3 is 7.82 Å². The van der Waals surface area contributed by atoms with Crippen LogP contribution in [0.15, 0.2) is 57.2 Å². The lowest BCUT2D eigenvalue weighted by Gasteiger charge is -2.16. The third-order valence-electron chi connectivity index (χ3n) is 4.50. The highest BCUT2D eigenvalue weighted by atomic mass is 32.2. The minimum Gasteiger partial charge on any atom is -0.303 e. The Labute approximate surface area is 185 Å². The highest BCUT2D eigenvalue weighted by molar-refractivity contribution is 7.87. The Hall–Kier alpha value is -2.24. The smallest absolute Gasteiger partial charge is 0.303 e. The Kier molecular flexibility index (Phi) is 6.09. The van der Waals surface area contributed by atoms with Crippen molar-refractivity contribution in [3.05, 3.63) is 42.5 Å². The predicted octanol–water partition coefficient (Wildman–Crippen LogP) is 1.40. The van der Waals surface area contributed by atoms with Crippen molar-refractivity contribution >= 4 is 70.5 Å². The van der Waals surface area contributed by atoms with Crippen LogP contribution in [0, 0.1) is 0 Å². The maximum absolute atomic E-state index is 11.8. The Bertz CT molecular complexity index is 1730. The zero-order valence-corrected chi connectivity index (χ0v) is 19.1. The van der Waals surface area contributed by atoms with Gasteiger partial charge in [0.15, 0.2) is 0 Å². The zero-order chi connectivity index (χ0) is 25.1. The standard InChI is InChI=1S/C16H10O9S3.H3O4P/c17-26(18,19)12-6-2-8-1-3-10-13(27(20,21)22)7-14(28(23,24)25)11-5-4-9(12)15(8)16(10)11;1-5(2,3)4/h1-7H,(H,17,18,19)(H,20,21,22)(H,23,24,25);(H3,1,2,3,4). The van der Waals surface area contributed by atoms with Crippen LogP contribution in [-0.2, 0) is 34.9 Å². The maximum Gasteiger partial charge on any atom is 0.466 e. The molecule has 0 spiro atoms. The summed E-state index contributed by atoms with van der Waals surface area (Å²) in [5, 5.41) is 0.455. The first-order valence-electron chi connectivity index (χ1n) is 8.25. The molecule has 0 aliphatic heterocycles. The average molecular weight is 540 g/mol. The molecule has 0 fully saturated rings. The molecule has 0 bridgehead atoms. The summed E-state index contributed by atoms with van der Waals surface area (Å²) < 4.78 is 108. The maximum atomic E-state index is 11.8. The van der Waals surface area contributed by atoms with Crippen LogP contribution >= 0.6 is 7.82 Å². The third-order valence-corrected chi connectivity index (χ3v) is 7.20. The minimum atomic E-state index is -4.89. The van der Waals surface area contributed by atoms with Gasteiger partial charge < -0.3 is 14.7 Å². The van der Waals surface area contributed by atoms with E-state index in [2.05, 4.69) is 0 Å². The van der Waals surface area contributed by atoms with E-state index in [1.165, 1.54) is 30.3 Å². The Balaban J connectivity index is 0.000000555. The number of rotatable bonds is 3. The number of phosphoric acid groups is 1. The van der Waals surface area contributed by atoms with E-state index in [4.69, 9.17) is 19.2 Å². The van der Waals surface area contributed by atoms with Gasteiger partial charge in [-0.25, -0.2) is 4.57 Å². The van der Waals surface area contributed by atoms with E-state index in [-0.39, 0.29) is 26.9 Å². The van der Waals surface area contributed by atoms with Crippen molar-refractivity contribution in [1.82, 2.24) is 0 Å². The molecule has 4 rings (SSSR count). The van der Waals surface area contributed by atoms with Gasteiger partial charge in [0.2, 0.25) is 0 Å². The molecule has 0 amide bonds. The zero-order valence-electron chi connectivity index (χ0n) is 15.8. The van der Waals surface area contributed by atoms with Crippen LogP contribution in [0.1, 0.15) is 0 Å². The van der Waals surface area contributed by atoms with Crippen LogP contribution in [0.5, 0.6) is 0 Å². The summed E-state index contributed by atoms with van der Waals surface area (Å²) >= 11 is 0. The SMILES string of the molecule is O=P(O)(O)O.O=S(=O)(O)c1ccc2ccc3c(S(=O)(=O)O)cc(S(=O)(=O)O)c4ccc1c2c34. The topological polar surface area (TPSA) is 241 Å². The van der Waals surface area contributed by atoms with Crippen LogP contribution in [-0.4, -0.2) is 53.6 Å². The normalized spacial score (nSPS) is 13.4. The molecule has 0 aromatic heterocycles. The summed E-state index contributed by atoms with van der Waals surface area (Å²) in [6, 6.07) is 8.37. The van der Waals surface area contributed by atoms with E-state index in [1.807, 2.05) is 0 Å². The molecule has 0 aliphatic carbocycles. The minimum absolute atomic E-state index is 0.00301. The lowest BCUT2D eigenvalue weighted by atomic mass is 9.94. The number of hydrogen-bond donors (Lipinski definition) is 6. The van der Waals surface area contributed by atoms with Crippen molar-refractivity contribution in [2.75, 3.05) is 0 Å². The van der Waals surface area contributed by atoms with Gasteiger partial charge in [0.25, 0.3) is 30.4 Å². The second kappa shape index (κ2) is 7.92. The molecule has 0 atom stereocenters. The van der Waals surface area contributed by atoms with Crippen molar-refractivity contribution in [2.24, 2.45) is 0 Å². The first-order chi connectivity index (χ1) is 14.8. The fourth-order valence-electron chi connectivity index (χ4n) is 3.46. The van der Waals surface area contributed by atoms with Gasteiger partial charge in [-0.2, -0.15) is 25.3 Å². The molecule has 0 radical (unpaired) electrons. The van der Waals surface area contributed by atoms with E-state index in [0.29, 0.717) is 11.5 Å². The largest absolute Gasteiger partial charge is 0.466 e. The van der Waals surface area contributed by atoms with E-state index in [1.54, 1.807) is 0 Å². The first-order valence-corrected chi connectivity index (χ1v) is 14.1. The third kappa shape index (κ3) is 5.15. The predicted molar refractivity (Wildman–Crippen MR) is 114 cm³/mol. The van der Waals surface area contributed by atoms with Gasteiger partial charge in [0.05, 0.1) is 0 Å². The second-order valence-electron chi connectivity index (χ2n) is 6.62. The molecule has 0 saturated carbocycles. The van der Waals surface area contributed by atoms with Crippen LogP contribution in [0.4, 0.5) is 0 Å². The molecular formula is C16H13O13PS3. The van der Waals surface area contributed by atoms with Crippen molar-refractivity contribution < 1.29 is 58.2 Å². The molecule has 178 valence electrons. The average Bonchev–Trinajstić information content (AvgIpc) is 2.61. The van der Waals surface area contributed by atoms with Crippen molar-refractivity contribution in [1.29, 1.82) is 0 Å².